The molecule has 0 amide bonds. The first-order valence-corrected chi connectivity index (χ1v) is 7.71. The molecule has 3 aromatic rings. The lowest BCUT2D eigenvalue weighted by atomic mass is 10.3. The number of hydrogen-bond acceptors (Lipinski definition) is 2. The average Bonchev–Trinajstić information content (AvgIpc) is 2.82. The molecule has 0 aliphatic rings. The van der Waals surface area contributed by atoms with E-state index in [4.69, 9.17) is 10.1 Å². The van der Waals surface area contributed by atoms with Crippen molar-refractivity contribution in [2.75, 3.05) is 6.61 Å². The molecule has 0 unspecified atom stereocenters. The van der Waals surface area contributed by atoms with E-state index in [9.17, 15) is 0 Å². The Balaban J connectivity index is 1.84. The zero-order chi connectivity index (χ0) is 15.4. The van der Waals surface area contributed by atoms with E-state index in [-0.39, 0.29) is 0 Å². The van der Waals surface area contributed by atoms with Crippen LogP contribution >= 0.6 is 0 Å². The van der Waals surface area contributed by atoms with Crippen LogP contribution in [0.1, 0.15) is 13.3 Å². The molecule has 0 saturated carbocycles. The first-order valence-electron chi connectivity index (χ1n) is 7.71. The van der Waals surface area contributed by atoms with Crippen molar-refractivity contribution >= 4 is 11.0 Å². The maximum Gasteiger partial charge on any atom is 0.203 e. The number of hydrogen-bond donors (Lipinski definition) is 1. The minimum Gasteiger partial charge on any atom is -0.492 e. The third-order valence-corrected chi connectivity index (χ3v) is 3.75. The summed E-state index contributed by atoms with van der Waals surface area (Å²) in [6, 6.07) is 18.0. The summed E-state index contributed by atoms with van der Waals surface area (Å²) in [5.41, 5.74) is 2.76. The van der Waals surface area contributed by atoms with E-state index in [0.717, 1.165) is 29.7 Å². The van der Waals surface area contributed by atoms with Crippen LogP contribution in [0.4, 0.5) is 0 Å². The van der Waals surface area contributed by atoms with Gasteiger partial charge in [-0.25, -0.2) is 0 Å². The third kappa shape index (κ3) is 2.77. The molecule has 3 rings (SSSR count). The molecule has 0 aliphatic carbocycles. The van der Waals surface area contributed by atoms with Gasteiger partial charge in [-0.3, -0.25) is 5.41 Å². The highest BCUT2D eigenvalue weighted by Gasteiger charge is 2.09. The fraction of sp³-hybridized carbons (Fsp3) is 0.278. The average molecular weight is 295 g/mol. The second kappa shape index (κ2) is 6.52. The number of fused-ring (bicyclic) bond motifs is 1. The largest absolute Gasteiger partial charge is 0.492 e. The van der Waals surface area contributed by atoms with Gasteiger partial charge in [-0.1, -0.05) is 37.3 Å². The predicted molar refractivity (Wildman–Crippen MR) is 88.0 cm³/mol. The normalized spacial score (nSPS) is 11.0. The zero-order valence-electron chi connectivity index (χ0n) is 12.8. The van der Waals surface area contributed by atoms with Crippen LogP contribution < -0.4 is 10.4 Å². The Labute approximate surface area is 130 Å². The SMILES string of the molecule is CCCn1c(=N)n(CCOc2ccccc2)c2ccccc21. The molecule has 1 heterocycles. The van der Waals surface area contributed by atoms with E-state index < -0.39 is 0 Å². The smallest absolute Gasteiger partial charge is 0.203 e. The van der Waals surface area contributed by atoms with Gasteiger partial charge in [-0.05, 0) is 30.7 Å². The Morgan fingerprint density at radius 2 is 1.45 bits per heavy atom. The molecule has 4 nitrogen and oxygen atoms in total. The highest BCUT2D eigenvalue weighted by atomic mass is 16.5. The van der Waals surface area contributed by atoms with Crippen LogP contribution in [-0.2, 0) is 13.1 Å². The molecule has 0 fully saturated rings. The Bertz CT molecular complexity index is 802. The highest BCUT2D eigenvalue weighted by molar-refractivity contribution is 5.75. The summed E-state index contributed by atoms with van der Waals surface area (Å²) in [5.74, 6) is 0.868. The van der Waals surface area contributed by atoms with E-state index in [2.05, 4.69) is 23.6 Å². The number of nitrogens with one attached hydrogen (secondary N) is 1. The number of rotatable bonds is 6. The summed E-state index contributed by atoms with van der Waals surface area (Å²) >= 11 is 0. The standard InChI is InChI=1S/C18H21N3O/c1-2-12-20-16-10-6-7-11-17(16)21(18(20)19)13-14-22-15-8-4-3-5-9-15/h3-11,19H,2,12-14H2,1H3. The lowest BCUT2D eigenvalue weighted by Crippen LogP contribution is -2.26. The lowest BCUT2D eigenvalue weighted by Gasteiger charge is -2.07. The van der Waals surface area contributed by atoms with Crippen molar-refractivity contribution < 1.29 is 4.74 Å². The number of para-hydroxylation sites is 3. The van der Waals surface area contributed by atoms with E-state index in [0.29, 0.717) is 18.8 Å². The zero-order valence-corrected chi connectivity index (χ0v) is 12.8. The molecule has 0 aliphatic heterocycles. The first-order chi connectivity index (χ1) is 10.8. The predicted octanol–water partition coefficient (Wildman–Crippen LogP) is 3.41. The van der Waals surface area contributed by atoms with Gasteiger partial charge < -0.3 is 13.9 Å². The summed E-state index contributed by atoms with van der Waals surface area (Å²) in [6.07, 6.45) is 1.02. The molecule has 114 valence electrons. The van der Waals surface area contributed by atoms with Gasteiger partial charge in [-0.15, -0.1) is 0 Å². The molecule has 1 N–H and O–H groups in total. The molecule has 0 spiro atoms. The molecule has 1 aromatic heterocycles. The van der Waals surface area contributed by atoms with E-state index in [1.807, 2.05) is 47.0 Å². The lowest BCUT2D eigenvalue weighted by molar-refractivity contribution is 0.296. The Hall–Kier alpha value is -2.49. The minimum absolute atomic E-state index is 0.541. The monoisotopic (exact) mass is 295 g/mol. The second-order valence-electron chi connectivity index (χ2n) is 5.28. The molecule has 0 radical (unpaired) electrons. The maximum atomic E-state index is 8.43. The number of aryl methyl sites for hydroxylation is 1. The fourth-order valence-corrected chi connectivity index (χ4v) is 2.74. The number of imidazole rings is 1. The minimum atomic E-state index is 0.541. The molecular weight excluding hydrogens is 274 g/mol. The summed E-state index contributed by atoms with van der Waals surface area (Å²) in [7, 11) is 0. The fourth-order valence-electron chi connectivity index (χ4n) is 2.74. The van der Waals surface area contributed by atoms with Gasteiger partial charge in [0.05, 0.1) is 17.6 Å². The van der Waals surface area contributed by atoms with E-state index >= 15 is 0 Å². The maximum absolute atomic E-state index is 8.43. The molecule has 0 saturated heterocycles. The molecular formula is C18H21N3O. The van der Waals surface area contributed by atoms with Crippen LogP contribution in [0.2, 0.25) is 0 Å². The molecule has 0 bridgehead atoms. The van der Waals surface area contributed by atoms with Crippen LogP contribution in [0.5, 0.6) is 5.75 Å². The molecule has 0 atom stereocenters. The summed E-state index contributed by atoms with van der Waals surface area (Å²) < 4.78 is 9.86. The quantitative estimate of drug-likeness (QED) is 0.744. The number of nitrogens with zero attached hydrogens (tertiary/aromatic N) is 2. The van der Waals surface area contributed by atoms with Crippen molar-refractivity contribution in [3.63, 3.8) is 0 Å². The summed E-state index contributed by atoms with van der Waals surface area (Å²) in [5, 5.41) is 8.43. The van der Waals surface area contributed by atoms with Crippen molar-refractivity contribution in [3.05, 3.63) is 60.2 Å². The molecule has 22 heavy (non-hydrogen) atoms. The van der Waals surface area contributed by atoms with Crippen LogP contribution in [0.3, 0.4) is 0 Å². The van der Waals surface area contributed by atoms with Crippen molar-refractivity contribution in [1.29, 1.82) is 5.41 Å². The number of benzene rings is 2. The van der Waals surface area contributed by atoms with Crippen molar-refractivity contribution in [2.24, 2.45) is 0 Å². The van der Waals surface area contributed by atoms with Gasteiger partial charge in [-0.2, -0.15) is 0 Å². The third-order valence-electron chi connectivity index (χ3n) is 3.75. The van der Waals surface area contributed by atoms with Gasteiger partial charge in [0.1, 0.15) is 12.4 Å². The van der Waals surface area contributed by atoms with Crippen LogP contribution in [0.25, 0.3) is 11.0 Å². The van der Waals surface area contributed by atoms with Crippen molar-refractivity contribution in [1.82, 2.24) is 9.13 Å². The van der Waals surface area contributed by atoms with Gasteiger partial charge >= 0.3 is 0 Å². The summed E-state index contributed by atoms with van der Waals surface area (Å²) in [6.45, 7) is 4.23. The van der Waals surface area contributed by atoms with Crippen LogP contribution in [-0.4, -0.2) is 15.7 Å². The Morgan fingerprint density at radius 3 is 2.09 bits per heavy atom. The molecule has 2 aromatic carbocycles. The van der Waals surface area contributed by atoms with E-state index in [1.54, 1.807) is 0 Å². The van der Waals surface area contributed by atoms with Gasteiger partial charge in [0, 0.05) is 6.54 Å². The van der Waals surface area contributed by atoms with Gasteiger partial charge in [0.2, 0.25) is 5.62 Å². The van der Waals surface area contributed by atoms with Crippen molar-refractivity contribution in [3.8, 4) is 5.75 Å². The highest BCUT2D eigenvalue weighted by Crippen LogP contribution is 2.14. The topological polar surface area (TPSA) is 42.9 Å². The number of ether oxygens (including phenoxy) is 1. The van der Waals surface area contributed by atoms with Gasteiger partial charge in [0.25, 0.3) is 0 Å². The Morgan fingerprint density at radius 1 is 0.864 bits per heavy atom. The molecule has 4 heteroatoms. The first kappa shape index (κ1) is 14.4. The van der Waals surface area contributed by atoms with Crippen LogP contribution in [0.15, 0.2) is 54.6 Å². The van der Waals surface area contributed by atoms with Gasteiger partial charge in [0.15, 0.2) is 0 Å². The second-order valence-corrected chi connectivity index (χ2v) is 5.28. The number of aromatic nitrogens is 2. The van der Waals surface area contributed by atoms with Crippen LogP contribution in [0, 0.1) is 5.41 Å². The summed E-state index contributed by atoms with van der Waals surface area (Å²) in [4.78, 5) is 0. The van der Waals surface area contributed by atoms with Crippen molar-refractivity contribution in [2.45, 2.75) is 26.4 Å². The van der Waals surface area contributed by atoms with E-state index in [1.165, 1.54) is 0 Å². The Kier molecular flexibility index (Phi) is 4.28.